The Morgan fingerprint density at radius 3 is 2.60 bits per heavy atom. The van der Waals surface area contributed by atoms with Crippen LogP contribution in [-0.2, 0) is 6.42 Å². The minimum absolute atomic E-state index is 0.120. The van der Waals surface area contributed by atoms with E-state index in [4.69, 9.17) is 15.3 Å². The fourth-order valence-corrected chi connectivity index (χ4v) is 2.97. The number of nitrogens with zero attached hydrogens (tertiary/aromatic N) is 2. The largest absolute Gasteiger partial charge is 0.491 e. The van der Waals surface area contributed by atoms with Gasteiger partial charge in [0.05, 0.1) is 29.3 Å². The molecule has 2 N–H and O–H groups in total. The molecule has 0 saturated carbocycles. The van der Waals surface area contributed by atoms with E-state index in [1.807, 2.05) is 19.1 Å². The molecule has 0 radical (unpaired) electrons. The van der Waals surface area contributed by atoms with Gasteiger partial charge in [-0.2, -0.15) is 10.5 Å². The lowest BCUT2D eigenvalue weighted by atomic mass is 9.94. The third kappa shape index (κ3) is 3.42. The predicted molar refractivity (Wildman–Crippen MR) is 94.3 cm³/mol. The molecule has 5 nitrogen and oxygen atoms in total. The molecule has 0 fully saturated rings. The quantitative estimate of drug-likeness (QED) is 0.898. The van der Waals surface area contributed by atoms with Gasteiger partial charge < -0.3 is 15.2 Å². The number of nitriles is 2. The van der Waals surface area contributed by atoms with E-state index in [1.165, 1.54) is 0 Å². The second-order valence-corrected chi connectivity index (χ2v) is 6.62. The molecule has 2 unspecified atom stereocenters. The number of aryl methyl sites for hydroxylation is 1. The zero-order valence-electron chi connectivity index (χ0n) is 14.2. The normalized spacial score (nSPS) is 17.6. The summed E-state index contributed by atoms with van der Waals surface area (Å²) in [5, 5.41) is 32.2. The Morgan fingerprint density at radius 2 is 1.96 bits per heavy atom. The van der Waals surface area contributed by atoms with Crippen molar-refractivity contribution in [2.75, 3.05) is 11.9 Å². The highest BCUT2D eigenvalue weighted by Crippen LogP contribution is 2.33. The third-order valence-corrected chi connectivity index (χ3v) is 4.59. The van der Waals surface area contributed by atoms with Crippen LogP contribution in [0.25, 0.3) is 0 Å². The molecule has 1 aliphatic rings. The van der Waals surface area contributed by atoms with Crippen molar-refractivity contribution in [3.05, 3.63) is 58.7 Å². The molecule has 2 aromatic carbocycles. The van der Waals surface area contributed by atoms with Gasteiger partial charge in [-0.05, 0) is 67.8 Å². The number of hydrogen-bond donors (Lipinski definition) is 2. The van der Waals surface area contributed by atoms with Gasteiger partial charge in [-0.3, -0.25) is 0 Å². The van der Waals surface area contributed by atoms with E-state index in [2.05, 4.69) is 17.5 Å². The lowest BCUT2D eigenvalue weighted by Crippen LogP contribution is -2.48. The highest BCUT2D eigenvalue weighted by molar-refractivity contribution is 5.62. The Balaban J connectivity index is 1.68. The predicted octanol–water partition coefficient (Wildman–Crippen LogP) is 2.90. The van der Waals surface area contributed by atoms with Crippen LogP contribution in [0, 0.1) is 29.6 Å². The lowest BCUT2D eigenvalue weighted by Gasteiger charge is -2.30. The van der Waals surface area contributed by atoms with Crippen molar-refractivity contribution in [1.82, 2.24) is 0 Å². The Labute approximate surface area is 147 Å². The number of hydrogen-bond acceptors (Lipinski definition) is 5. The monoisotopic (exact) mass is 333 g/mol. The SMILES string of the molecule is Cc1cc2c(cc1C#N)CC(C(C)(O)COc1ccc(C#N)cc1)N2. The fourth-order valence-electron chi connectivity index (χ4n) is 2.97. The molecule has 0 aliphatic carbocycles. The molecule has 0 bridgehead atoms. The van der Waals surface area contributed by atoms with Gasteiger partial charge in [0.1, 0.15) is 18.0 Å². The van der Waals surface area contributed by atoms with Gasteiger partial charge >= 0.3 is 0 Å². The maximum absolute atomic E-state index is 10.8. The van der Waals surface area contributed by atoms with Crippen molar-refractivity contribution in [3.8, 4) is 17.9 Å². The topological polar surface area (TPSA) is 89.1 Å². The number of anilines is 1. The number of aliphatic hydroxyl groups is 1. The lowest BCUT2D eigenvalue weighted by molar-refractivity contribution is -0.00298. The molecular weight excluding hydrogens is 314 g/mol. The maximum atomic E-state index is 10.8. The summed E-state index contributed by atoms with van der Waals surface area (Å²) in [7, 11) is 0. The minimum Gasteiger partial charge on any atom is -0.491 e. The average molecular weight is 333 g/mol. The fraction of sp³-hybridized carbons (Fsp3) is 0.300. The molecule has 0 saturated heterocycles. The van der Waals surface area contributed by atoms with Crippen LogP contribution >= 0.6 is 0 Å². The van der Waals surface area contributed by atoms with Gasteiger partial charge in [-0.1, -0.05) is 0 Å². The van der Waals surface area contributed by atoms with Crippen LogP contribution in [0.2, 0.25) is 0 Å². The third-order valence-electron chi connectivity index (χ3n) is 4.59. The molecule has 0 aromatic heterocycles. The maximum Gasteiger partial charge on any atom is 0.119 e. The summed E-state index contributed by atoms with van der Waals surface area (Å²) < 4.78 is 5.70. The van der Waals surface area contributed by atoms with Crippen LogP contribution in [0.5, 0.6) is 5.75 Å². The van der Waals surface area contributed by atoms with Crippen molar-refractivity contribution in [3.63, 3.8) is 0 Å². The average Bonchev–Trinajstić information content (AvgIpc) is 3.03. The van der Waals surface area contributed by atoms with Crippen LogP contribution in [0.1, 0.15) is 29.2 Å². The van der Waals surface area contributed by atoms with E-state index >= 15 is 0 Å². The summed E-state index contributed by atoms with van der Waals surface area (Å²) >= 11 is 0. The highest BCUT2D eigenvalue weighted by Gasteiger charge is 2.37. The minimum atomic E-state index is -1.09. The Bertz CT molecular complexity index is 874. The first-order valence-electron chi connectivity index (χ1n) is 8.08. The number of rotatable bonds is 4. The summed E-state index contributed by atoms with van der Waals surface area (Å²) in [4.78, 5) is 0. The van der Waals surface area contributed by atoms with E-state index in [0.717, 1.165) is 16.8 Å². The van der Waals surface area contributed by atoms with E-state index < -0.39 is 5.60 Å². The molecule has 1 heterocycles. The molecule has 2 atom stereocenters. The highest BCUT2D eigenvalue weighted by atomic mass is 16.5. The molecule has 2 aromatic rings. The van der Waals surface area contributed by atoms with E-state index in [1.54, 1.807) is 31.2 Å². The second-order valence-electron chi connectivity index (χ2n) is 6.62. The van der Waals surface area contributed by atoms with Crippen molar-refractivity contribution in [2.24, 2.45) is 0 Å². The number of nitrogens with one attached hydrogen (secondary N) is 1. The van der Waals surface area contributed by atoms with Crippen molar-refractivity contribution >= 4 is 5.69 Å². The van der Waals surface area contributed by atoms with Gasteiger partial charge in [-0.25, -0.2) is 0 Å². The van der Waals surface area contributed by atoms with Gasteiger partial charge in [0.2, 0.25) is 0 Å². The summed E-state index contributed by atoms with van der Waals surface area (Å²) in [6.45, 7) is 3.76. The molecule has 1 aliphatic heterocycles. The second kappa shape index (κ2) is 6.47. The first-order chi connectivity index (χ1) is 11.9. The van der Waals surface area contributed by atoms with Gasteiger partial charge in [0.15, 0.2) is 0 Å². The van der Waals surface area contributed by atoms with Crippen LogP contribution < -0.4 is 10.1 Å². The zero-order valence-corrected chi connectivity index (χ0v) is 14.2. The summed E-state index contributed by atoms with van der Waals surface area (Å²) in [6, 6.07) is 14.7. The summed E-state index contributed by atoms with van der Waals surface area (Å²) in [6.07, 6.45) is 0.633. The van der Waals surface area contributed by atoms with Crippen molar-refractivity contribution in [1.29, 1.82) is 10.5 Å². The van der Waals surface area contributed by atoms with Crippen LogP contribution in [0.3, 0.4) is 0 Å². The van der Waals surface area contributed by atoms with Crippen molar-refractivity contribution < 1.29 is 9.84 Å². The first-order valence-corrected chi connectivity index (χ1v) is 8.08. The van der Waals surface area contributed by atoms with E-state index in [9.17, 15) is 5.11 Å². The van der Waals surface area contributed by atoms with Gasteiger partial charge in [0.25, 0.3) is 0 Å². The van der Waals surface area contributed by atoms with E-state index in [-0.39, 0.29) is 12.6 Å². The first kappa shape index (κ1) is 16.8. The smallest absolute Gasteiger partial charge is 0.119 e. The molecule has 0 spiro atoms. The van der Waals surface area contributed by atoms with Crippen LogP contribution in [0.15, 0.2) is 36.4 Å². The Hall–Kier alpha value is -3.02. The van der Waals surface area contributed by atoms with Gasteiger partial charge in [0, 0.05) is 5.69 Å². The van der Waals surface area contributed by atoms with Crippen molar-refractivity contribution in [2.45, 2.75) is 31.9 Å². The zero-order chi connectivity index (χ0) is 18.0. The molecule has 126 valence electrons. The molecular formula is C20H19N3O2. The van der Waals surface area contributed by atoms with E-state index in [0.29, 0.717) is 23.3 Å². The number of fused-ring (bicyclic) bond motifs is 1. The number of benzene rings is 2. The summed E-state index contributed by atoms with van der Waals surface area (Å²) in [5.74, 6) is 0.609. The Kier molecular flexibility index (Phi) is 4.35. The van der Waals surface area contributed by atoms with Crippen LogP contribution in [-0.4, -0.2) is 23.4 Å². The van der Waals surface area contributed by atoms with Crippen LogP contribution in [0.4, 0.5) is 5.69 Å². The molecule has 0 amide bonds. The molecule has 5 heteroatoms. The molecule has 25 heavy (non-hydrogen) atoms. The molecule has 3 rings (SSSR count). The standard InChI is InChI=1S/C20H19N3O2/c1-13-7-18-15(8-16(13)11-22)9-19(23-18)20(2,24)12-25-17-5-3-14(10-21)4-6-17/h3-8,19,23-24H,9,12H2,1-2H3. The van der Waals surface area contributed by atoms with Gasteiger partial charge in [-0.15, -0.1) is 0 Å². The summed E-state index contributed by atoms with van der Waals surface area (Å²) in [5.41, 5.74) is 3.05. The number of ether oxygens (including phenoxy) is 1. The Morgan fingerprint density at radius 1 is 1.24 bits per heavy atom.